The number of carboxylic acids is 1. The molecule has 2 aliphatic heterocycles. The van der Waals surface area contributed by atoms with Gasteiger partial charge in [-0.3, -0.25) is 9.48 Å². The van der Waals surface area contributed by atoms with Crippen LogP contribution in [0.4, 0.5) is 4.39 Å². The van der Waals surface area contributed by atoms with E-state index in [0.717, 1.165) is 95.7 Å². The average molecular weight is 551 g/mol. The molecule has 2 aromatic rings. The number of hydrogen-bond acceptors (Lipinski definition) is 4. The molecule has 0 spiro atoms. The highest BCUT2D eigenvalue weighted by Gasteiger charge is 2.45. The fourth-order valence-corrected chi connectivity index (χ4v) is 8.29. The molecular weight excluding hydrogens is 503 g/mol. The van der Waals surface area contributed by atoms with Crippen molar-refractivity contribution < 1.29 is 14.3 Å². The molecule has 7 heteroatoms. The summed E-state index contributed by atoms with van der Waals surface area (Å²) in [5.41, 5.74) is 4.65. The van der Waals surface area contributed by atoms with Crippen LogP contribution in [-0.2, 0) is 17.8 Å². The zero-order chi connectivity index (χ0) is 27.9. The standard InChI is InChI=1S/C33H47FN4O2/c1-3-30-31(23(2)35-38(30)18-24-9-10-24)25-11-15-36(16-12-25)19-27-20-37(22-33(32(39)40)13-4-5-14-33)21-29(27)26-7-6-8-28(34)17-26/h6-8,17,24-25,27,29H,3-5,9-16,18-22H2,1-2H3,(H,39,40)/t27-,29+/m0/s1. The largest absolute Gasteiger partial charge is 0.481 e. The molecule has 4 fully saturated rings. The molecule has 40 heavy (non-hydrogen) atoms. The predicted octanol–water partition coefficient (Wildman–Crippen LogP) is 5.84. The average Bonchev–Trinajstić information content (AvgIpc) is 3.33. The normalized spacial score (nSPS) is 26.1. The van der Waals surface area contributed by atoms with Gasteiger partial charge in [0, 0.05) is 44.3 Å². The molecule has 2 saturated carbocycles. The van der Waals surface area contributed by atoms with Gasteiger partial charge in [0.2, 0.25) is 0 Å². The van der Waals surface area contributed by atoms with Crippen LogP contribution in [-0.4, -0.2) is 69.9 Å². The van der Waals surface area contributed by atoms with Gasteiger partial charge in [0.15, 0.2) is 0 Å². The first-order valence-electron chi connectivity index (χ1n) is 15.8. The lowest BCUT2D eigenvalue weighted by molar-refractivity contribution is -0.149. The molecule has 4 aliphatic rings. The van der Waals surface area contributed by atoms with Gasteiger partial charge < -0.3 is 14.9 Å². The summed E-state index contributed by atoms with van der Waals surface area (Å²) in [7, 11) is 0. The van der Waals surface area contributed by atoms with Crippen LogP contribution in [0.2, 0.25) is 0 Å². The molecule has 6 rings (SSSR count). The molecule has 0 unspecified atom stereocenters. The number of carboxylic acid groups (broad SMARTS) is 1. The van der Waals surface area contributed by atoms with Crippen LogP contribution < -0.4 is 0 Å². The second-order valence-electron chi connectivity index (χ2n) is 13.4. The Bertz CT molecular complexity index is 1190. The fraction of sp³-hybridized carbons (Fsp3) is 0.697. The lowest BCUT2D eigenvalue weighted by Crippen LogP contribution is -2.41. The Hall–Kier alpha value is -2.25. The van der Waals surface area contributed by atoms with Crippen LogP contribution in [0.3, 0.4) is 0 Å². The summed E-state index contributed by atoms with van der Waals surface area (Å²) in [6.45, 7) is 11.0. The molecule has 2 saturated heterocycles. The molecule has 2 aliphatic carbocycles. The Balaban J connectivity index is 1.13. The van der Waals surface area contributed by atoms with Crippen molar-refractivity contribution in [3.63, 3.8) is 0 Å². The summed E-state index contributed by atoms with van der Waals surface area (Å²) in [6.07, 6.45) is 9.63. The minimum absolute atomic E-state index is 0.183. The highest BCUT2D eigenvalue weighted by molar-refractivity contribution is 5.75. The third-order valence-corrected chi connectivity index (χ3v) is 10.6. The van der Waals surface area contributed by atoms with Gasteiger partial charge in [0.25, 0.3) is 0 Å². The molecule has 2 atom stereocenters. The predicted molar refractivity (Wildman–Crippen MR) is 155 cm³/mol. The molecule has 1 aromatic heterocycles. The van der Waals surface area contributed by atoms with Crippen LogP contribution in [0.5, 0.6) is 0 Å². The van der Waals surface area contributed by atoms with Crippen molar-refractivity contribution in [1.82, 2.24) is 19.6 Å². The maximum absolute atomic E-state index is 14.3. The number of nitrogens with zero attached hydrogens (tertiary/aromatic N) is 4. The monoisotopic (exact) mass is 550 g/mol. The molecule has 0 radical (unpaired) electrons. The van der Waals surface area contributed by atoms with E-state index in [4.69, 9.17) is 5.10 Å². The smallest absolute Gasteiger partial charge is 0.310 e. The molecule has 0 bridgehead atoms. The van der Waals surface area contributed by atoms with Crippen LogP contribution in [0.1, 0.15) is 92.6 Å². The third-order valence-electron chi connectivity index (χ3n) is 10.6. The number of aromatic nitrogens is 2. The van der Waals surface area contributed by atoms with Gasteiger partial charge in [-0.1, -0.05) is 31.9 Å². The van der Waals surface area contributed by atoms with E-state index >= 15 is 0 Å². The molecule has 1 aromatic carbocycles. The molecule has 6 nitrogen and oxygen atoms in total. The van der Waals surface area contributed by atoms with E-state index in [1.54, 1.807) is 6.07 Å². The molecule has 3 heterocycles. The molecule has 1 N–H and O–H groups in total. The van der Waals surface area contributed by atoms with Crippen molar-refractivity contribution in [3.05, 3.63) is 52.6 Å². The highest BCUT2D eigenvalue weighted by Crippen LogP contribution is 2.43. The van der Waals surface area contributed by atoms with E-state index in [2.05, 4.69) is 34.4 Å². The minimum atomic E-state index is -0.639. The highest BCUT2D eigenvalue weighted by atomic mass is 19.1. The van der Waals surface area contributed by atoms with Crippen LogP contribution >= 0.6 is 0 Å². The summed E-state index contributed by atoms with van der Waals surface area (Å²) >= 11 is 0. The van der Waals surface area contributed by atoms with Gasteiger partial charge in [0.1, 0.15) is 5.82 Å². The van der Waals surface area contributed by atoms with Crippen LogP contribution in [0.15, 0.2) is 24.3 Å². The van der Waals surface area contributed by atoms with E-state index in [-0.39, 0.29) is 11.7 Å². The van der Waals surface area contributed by atoms with Gasteiger partial charge in [-0.2, -0.15) is 5.10 Å². The summed E-state index contributed by atoms with van der Waals surface area (Å²) < 4.78 is 16.6. The van der Waals surface area contributed by atoms with Crippen LogP contribution in [0, 0.1) is 30.0 Å². The van der Waals surface area contributed by atoms with Gasteiger partial charge in [-0.05, 0) is 106 Å². The van der Waals surface area contributed by atoms with Crippen molar-refractivity contribution >= 4 is 5.97 Å². The maximum Gasteiger partial charge on any atom is 0.310 e. The SMILES string of the molecule is CCc1c(C2CCN(C[C@H]3CN(CC4(C(=O)O)CCCC4)C[C@@H]3c3cccc(F)c3)CC2)c(C)nn1CC1CC1. The quantitative estimate of drug-likeness (QED) is 0.403. The first-order chi connectivity index (χ1) is 19.3. The van der Waals surface area contributed by atoms with Crippen molar-refractivity contribution in [1.29, 1.82) is 0 Å². The number of aryl methyl sites for hydroxylation is 1. The second-order valence-corrected chi connectivity index (χ2v) is 13.4. The van der Waals surface area contributed by atoms with E-state index < -0.39 is 11.4 Å². The van der Waals surface area contributed by atoms with Crippen molar-refractivity contribution in [3.8, 4) is 0 Å². The van der Waals surface area contributed by atoms with E-state index in [1.165, 1.54) is 35.9 Å². The lowest BCUT2D eigenvalue weighted by Gasteiger charge is -2.35. The maximum atomic E-state index is 14.3. The first kappa shape index (κ1) is 27.9. The van der Waals surface area contributed by atoms with Gasteiger partial charge in [-0.15, -0.1) is 0 Å². The van der Waals surface area contributed by atoms with Crippen molar-refractivity contribution in [2.24, 2.45) is 17.3 Å². The van der Waals surface area contributed by atoms with Gasteiger partial charge in [-0.25, -0.2) is 4.39 Å². The Kier molecular flexibility index (Phi) is 8.06. The Labute approximate surface area is 238 Å². The van der Waals surface area contributed by atoms with Crippen molar-refractivity contribution in [2.75, 3.05) is 39.3 Å². The lowest BCUT2D eigenvalue weighted by atomic mass is 9.85. The number of carbonyl (C=O) groups is 1. The number of piperidine rings is 1. The number of halogens is 1. The molecule has 0 amide bonds. The molecular formula is C33H47FN4O2. The number of rotatable bonds is 10. The summed E-state index contributed by atoms with van der Waals surface area (Å²) in [5.74, 6) is 1.19. The summed E-state index contributed by atoms with van der Waals surface area (Å²) in [4.78, 5) is 17.3. The van der Waals surface area contributed by atoms with E-state index in [9.17, 15) is 14.3 Å². The van der Waals surface area contributed by atoms with E-state index in [0.29, 0.717) is 18.4 Å². The van der Waals surface area contributed by atoms with Crippen molar-refractivity contribution in [2.45, 2.75) is 90.0 Å². The zero-order valence-electron chi connectivity index (χ0n) is 24.5. The first-order valence-corrected chi connectivity index (χ1v) is 15.8. The topological polar surface area (TPSA) is 61.6 Å². The van der Waals surface area contributed by atoms with Crippen LogP contribution in [0.25, 0.3) is 0 Å². The number of aliphatic carboxylic acids is 1. The van der Waals surface area contributed by atoms with Gasteiger partial charge in [0.05, 0.1) is 11.1 Å². The minimum Gasteiger partial charge on any atom is -0.481 e. The van der Waals surface area contributed by atoms with E-state index in [1.807, 2.05) is 6.07 Å². The Morgan fingerprint density at radius 2 is 1.82 bits per heavy atom. The second kappa shape index (κ2) is 11.6. The number of hydrogen-bond donors (Lipinski definition) is 1. The summed E-state index contributed by atoms with van der Waals surface area (Å²) in [5, 5.41) is 15.1. The fourth-order valence-electron chi connectivity index (χ4n) is 8.29. The Morgan fingerprint density at radius 1 is 1.07 bits per heavy atom. The summed E-state index contributed by atoms with van der Waals surface area (Å²) in [6, 6.07) is 7.10. The van der Waals surface area contributed by atoms with Gasteiger partial charge >= 0.3 is 5.97 Å². The Morgan fingerprint density at radius 3 is 2.48 bits per heavy atom. The zero-order valence-corrected chi connectivity index (χ0v) is 24.5. The number of benzene rings is 1. The molecule has 218 valence electrons. The third kappa shape index (κ3) is 5.74. The number of likely N-dealkylation sites (tertiary alicyclic amines) is 2.